The number of amides is 2. The topological polar surface area (TPSA) is 71.5 Å². The van der Waals surface area contributed by atoms with Gasteiger partial charge in [0.15, 0.2) is 0 Å². The average molecular weight is 323 g/mol. The Morgan fingerprint density at radius 3 is 2.00 bits per heavy atom. The maximum Gasteiger partial charge on any atom is 0.497 e. The summed E-state index contributed by atoms with van der Waals surface area (Å²) in [5, 5.41) is 0. The normalized spacial score (nSPS) is 34.9. The van der Waals surface area contributed by atoms with E-state index in [0.29, 0.717) is 11.3 Å². The fourth-order valence-corrected chi connectivity index (χ4v) is 4.17. The molecule has 0 N–H and O–H groups in total. The van der Waals surface area contributed by atoms with E-state index in [1.54, 1.807) is 0 Å². The molecular weight excluding hydrogens is 311 g/mol. The van der Waals surface area contributed by atoms with E-state index in [0.717, 1.165) is 0 Å². The van der Waals surface area contributed by atoms with E-state index < -0.39 is 51.3 Å². The predicted octanol–water partition coefficient (Wildman–Crippen LogP) is 0.728. The number of rotatable bonds is 3. The molecule has 3 rings (SSSR count). The Balaban J connectivity index is 1.74. The Labute approximate surface area is 118 Å². The van der Waals surface area contributed by atoms with Crippen LogP contribution in [0.4, 0.5) is 13.2 Å². The molecule has 4 atom stereocenters. The molecule has 1 heterocycles. The van der Waals surface area contributed by atoms with Crippen molar-refractivity contribution < 1.29 is 31.2 Å². The molecular formula is C12H12F3NO4S. The lowest BCUT2D eigenvalue weighted by Crippen LogP contribution is -2.39. The van der Waals surface area contributed by atoms with Gasteiger partial charge in [-0.15, -0.1) is 0 Å². The van der Waals surface area contributed by atoms with Crippen LogP contribution < -0.4 is 0 Å². The number of sulfone groups is 1. The highest BCUT2D eigenvalue weighted by Crippen LogP contribution is 2.52. The van der Waals surface area contributed by atoms with Gasteiger partial charge < -0.3 is 0 Å². The Bertz CT molecular complexity index is 609. The first-order valence-electron chi connectivity index (χ1n) is 6.46. The molecule has 0 spiro atoms. The second-order valence-electron chi connectivity index (χ2n) is 5.59. The fraction of sp³-hybridized carbons (Fsp3) is 0.667. The van der Waals surface area contributed by atoms with E-state index in [1.165, 1.54) is 0 Å². The minimum absolute atomic E-state index is 0.0549. The molecule has 0 aromatic heterocycles. The van der Waals surface area contributed by atoms with Gasteiger partial charge >= 0.3 is 5.51 Å². The van der Waals surface area contributed by atoms with Gasteiger partial charge in [-0.2, -0.15) is 13.2 Å². The van der Waals surface area contributed by atoms with Gasteiger partial charge in [-0.1, -0.05) is 12.2 Å². The molecule has 1 saturated heterocycles. The van der Waals surface area contributed by atoms with Crippen LogP contribution in [0.15, 0.2) is 12.2 Å². The van der Waals surface area contributed by atoms with Crippen molar-refractivity contribution in [3.05, 3.63) is 12.2 Å². The number of fused-ring (bicyclic) bond motifs is 5. The Kier molecular flexibility index (Phi) is 2.99. The zero-order valence-corrected chi connectivity index (χ0v) is 11.5. The van der Waals surface area contributed by atoms with Crippen LogP contribution in [-0.4, -0.2) is 42.9 Å². The number of carbonyl (C=O) groups is 2. The minimum Gasteiger partial charge on any atom is -0.281 e. The summed E-state index contributed by atoms with van der Waals surface area (Å²) >= 11 is 0. The summed E-state index contributed by atoms with van der Waals surface area (Å²) in [6.07, 6.45) is 4.42. The van der Waals surface area contributed by atoms with Crippen LogP contribution >= 0.6 is 0 Å². The van der Waals surface area contributed by atoms with Crippen molar-refractivity contribution in [2.75, 3.05) is 12.3 Å². The lowest BCUT2D eigenvalue weighted by atomic mass is 9.85. The van der Waals surface area contributed by atoms with Gasteiger partial charge in [-0.3, -0.25) is 14.5 Å². The highest BCUT2D eigenvalue weighted by Gasteiger charge is 2.59. The molecule has 0 aromatic carbocycles. The van der Waals surface area contributed by atoms with Gasteiger partial charge in [-0.05, 0) is 18.3 Å². The van der Waals surface area contributed by atoms with E-state index in [2.05, 4.69) is 0 Å². The highest BCUT2D eigenvalue weighted by atomic mass is 32.2. The first kappa shape index (κ1) is 14.6. The SMILES string of the molecule is O=C1C2C3C=CC(C3)C2C(=O)N1CCS(=O)(=O)C(F)(F)F. The van der Waals surface area contributed by atoms with Gasteiger partial charge in [0.05, 0.1) is 17.6 Å². The van der Waals surface area contributed by atoms with Crippen LogP contribution in [-0.2, 0) is 19.4 Å². The largest absolute Gasteiger partial charge is 0.497 e. The van der Waals surface area contributed by atoms with Crippen molar-refractivity contribution in [1.82, 2.24) is 4.90 Å². The molecule has 2 aliphatic carbocycles. The average Bonchev–Trinajstić information content (AvgIpc) is 3.01. The molecule has 2 fully saturated rings. The fourth-order valence-electron chi connectivity index (χ4n) is 3.51. The van der Waals surface area contributed by atoms with Crippen LogP contribution in [0, 0.1) is 23.7 Å². The maximum absolute atomic E-state index is 12.3. The highest BCUT2D eigenvalue weighted by molar-refractivity contribution is 7.92. The monoisotopic (exact) mass is 323 g/mol. The van der Waals surface area contributed by atoms with Crippen LogP contribution in [0.3, 0.4) is 0 Å². The van der Waals surface area contributed by atoms with E-state index >= 15 is 0 Å². The van der Waals surface area contributed by atoms with Crippen molar-refractivity contribution in [2.24, 2.45) is 23.7 Å². The van der Waals surface area contributed by atoms with Crippen LogP contribution in [0.2, 0.25) is 0 Å². The van der Waals surface area contributed by atoms with Crippen molar-refractivity contribution in [3.8, 4) is 0 Å². The molecule has 116 valence electrons. The minimum atomic E-state index is -5.37. The second-order valence-corrected chi connectivity index (χ2v) is 7.69. The number of nitrogens with zero attached hydrogens (tertiary/aromatic N) is 1. The quantitative estimate of drug-likeness (QED) is 0.567. The number of hydrogen-bond donors (Lipinski definition) is 0. The number of carbonyl (C=O) groups excluding carboxylic acids is 2. The Morgan fingerprint density at radius 2 is 1.57 bits per heavy atom. The third-order valence-corrected chi connectivity index (χ3v) is 5.92. The summed E-state index contributed by atoms with van der Waals surface area (Å²) < 4.78 is 58.9. The molecule has 2 amide bonds. The smallest absolute Gasteiger partial charge is 0.281 e. The van der Waals surface area contributed by atoms with Crippen molar-refractivity contribution >= 4 is 21.7 Å². The third-order valence-electron chi connectivity index (χ3n) is 4.50. The Hall–Kier alpha value is -1.38. The summed E-state index contributed by atoms with van der Waals surface area (Å²) in [7, 11) is -5.33. The molecule has 1 saturated carbocycles. The lowest BCUT2D eigenvalue weighted by Gasteiger charge is -2.17. The van der Waals surface area contributed by atoms with Crippen LogP contribution in [0.5, 0.6) is 0 Å². The molecule has 21 heavy (non-hydrogen) atoms. The van der Waals surface area contributed by atoms with Crippen molar-refractivity contribution in [2.45, 2.75) is 11.9 Å². The van der Waals surface area contributed by atoms with Gasteiger partial charge in [0.2, 0.25) is 21.7 Å². The number of alkyl halides is 3. The zero-order valence-electron chi connectivity index (χ0n) is 10.7. The van der Waals surface area contributed by atoms with Crippen LogP contribution in [0.25, 0.3) is 0 Å². The first-order valence-corrected chi connectivity index (χ1v) is 8.11. The number of halogens is 3. The lowest BCUT2D eigenvalue weighted by molar-refractivity contribution is -0.140. The number of likely N-dealkylation sites (tertiary alicyclic amines) is 1. The summed E-state index contributed by atoms with van der Waals surface area (Å²) in [6.45, 7) is -0.730. The number of hydrogen-bond acceptors (Lipinski definition) is 4. The summed E-state index contributed by atoms with van der Waals surface area (Å²) in [6, 6.07) is 0. The molecule has 2 bridgehead atoms. The van der Waals surface area contributed by atoms with Gasteiger partial charge in [0.1, 0.15) is 0 Å². The standard InChI is InChI=1S/C12H12F3NO4S/c13-12(14,15)21(19,20)4-3-16-10(17)8-6-1-2-7(5-6)9(8)11(16)18/h1-2,6-9H,3-5H2. The number of allylic oxidation sites excluding steroid dienone is 2. The molecule has 0 aromatic rings. The van der Waals surface area contributed by atoms with E-state index in [4.69, 9.17) is 0 Å². The maximum atomic E-state index is 12.3. The first-order chi connectivity index (χ1) is 9.63. The molecule has 1 aliphatic heterocycles. The van der Waals surface area contributed by atoms with E-state index in [-0.39, 0.29) is 11.8 Å². The number of imide groups is 1. The Morgan fingerprint density at radius 1 is 1.10 bits per heavy atom. The molecule has 5 nitrogen and oxygen atoms in total. The van der Waals surface area contributed by atoms with Gasteiger partial charge in [-0.25, -0.2) is 8.42 Å². The molecule has 3 aliphatic rings. The van der Waals surface area contributed by atoms with E-state index in [1.807, 2.05) is 12.2 Å². The zero-order chi connectivity index (χ0) is 15.6. The molecule has 9 heteroatoms. The van der Waals surface area contributed by atoms with Gasteiger partial charge in [0, 0.05) is 6.54 Å². The van der Waals surface area contributed by atoms with Crippen LogP contribution in [0.1, 0.15) is 6.42 Å². The molecule has 4 unspecified atom stereocenters. The van der Waals surface area contributed by atoms with Crippen molar-refractivity contribution in [3.63, 3.8) is 0 Å². The predicted molar refractivity (Wildman–Crippen MR) is 64.3 cm³/mol. The summed E-state index contributed by atoms with van der Waals surface area (Å²) in [5.74, 6) is -3.53. The van der Waals surface area contributed by atoms with Crippen molar-refractivity contribution in [1.29, 1.82) is 0 Å². The van der Waals surface area contributed by atoms with E-state index in [9.17, 15) is 31.2 Å². The summed E-state index contributed by atoms with van der Waals surface area (Å²) in [4.78, 5) is 25.0. The van der Waals surface area contributed by atoms with Gasteiger partial charge in [0.25, 0.3) is 0 Å². The second kappa shape index (κ2) is 4.31. The summed E-state index contributed by atoms with van der Waals surface area (Å²) in [5.41, 5.74) is -5.37. The molecule has 0 radical (unpaired) electrons. The third kappa shape index (κ3) is 2.01.